The summed E-state index contributed by atoms with van der Waals surface area (Å²) in [6, 6.07) is 16.0. The van der Waals surface area contributed by atoms with Crippen LogP contribution in [-0.4, -0.2) is 11.6 Å². The zero-order valence-electron chi connectivity index (χ0n) is 16.1. The molecule has 2 aromatic carbocycles. The molecule has 0 spiro atoms. The zero-order valence-corrected chi connectivity index (χ0v) is 16.1. The highest BCUT2D eigenvalue weighted by atomic mass is 16.1. The van der Waals surface area contributed by atoms with Gasteiger partial charge >= 0.3 is 0 Å². The van der Waals surface area contributed by atoms with Crippen molar-refractivity contribution in [3.8, 4) is 0 Å². The molecule has 0 amide bonds. The minimum atomic E-state index is 0.131. The molecule has 0 saturated heterocycles. The smallest absolute Gasteiger partial charge is 0.159 e. The third-order valence-corrected chi connectivity index (χ3v) is 4.90. The second-order valence-corrected chi connectivity index (χ2v) is 7.13. The molecule has 0 heterocycles. The molecule has 0 saturated carbocycles. The highest BCUT2D eigenvalue weighted by Gasteiger charge is 2.01. The Balaban J connectivity index is 1.52. The number of Topliss-reactive ketones (excluding diaryl/α,β-unsaturated/α-hetero) is 2. The molecule has 0 radical (unpaired) electrons. The van der Waals surface area contributed by atoms with Crippen LogP contribution in [0.15, 0.2) is 48.5 Å². The summed E-state index contributed by atoms with van der Waals surface area (Å²) in [5.41, 5.74) is 4.24. The van der Waals surface area contributed by atoms with Crippen molar-refractivity contribution in [1.29, 1.82) is 0 Å². The van der Waals surface area contributed by atoms with Crippen LogP contribution in [0.1, 0.15) is 84.2 Å². The molecule has 0 N–H and O–H groups in total. The van der Waals surface area contributed by atoms with Crippen molar-refractivity contribution >= 4 is 11.6 Å². The summed E-state index contributed by atoms with van der Waals surface area (Å²) >= 11 is 0. The van der Waals surface area contributed by atoms with Gasteiger partial charge in [-0.3, -0.25) is 9.59 Å². The maximum atomic E-state index is 11.3. The van der Waals surface area contributed by atoms with Crippen LogP contribution >= 0.6 is 0 Å². The number of hydrogen-bond donors (Lipinski definition) is 0. The van der Waals surface area contributed by atoms with Crippen molar-refractivity contribution in [1.82, 2.24) is 0 Å². The molecule has 0 atom stereocenters. The second-order valence-electron chi connectivity index (χ2n) is 7.13. The van der Waals surface area contributed by atoms with Crippen molar-refractivity contribution in [2.24, 2.45) is 0 Å². The first-order valence-electron chi connectivity index (χ1n) is 9.76. The minimum Gasteiger partial charge on any atom is -0.295 e. The first-order valence-corrected chi connectivity index (χ1v) is 9.76. The lowest BCUT2D eigenvalue weighted by atomic mass is 10.0. The molecular formula is C24H30O2. The summed E-state index contributed by atoms with van der Waals surface area (Å²) < 4.78 is 0. The lowest BCUT2D eigenvalue weighted by Gasteiger charge is -2.05. The van der Waals surface area contributed by atoms with Crippen LogP contribution < -0.4 is 0 Å². The molecule has 2 nitrogen and oxygen atoms in total. The van der Waals surface area contributed by atoms with E-state index in [-0.39, 0.29) is 11.6 Å². The maximum Gasteiger partial charge on any atom is 0.159 e. The number of carbonyl (C=O) groups excluding carboxylic acids is 2. The molecule has 0 unspecified atom stereocenters. The van der Waals surface area contributed by atoms with E-state index in [4.69, 9.17) is 0 Å². The molecule has 0 aliphatic rings. The van der Waals surface area contributed by atoms with E-state index in [0.29, 0.717) is 0 Å². The summed E-state index contributed by atoms with van der Waals surface area (Å²) in [7, 11) is 0. The van der Waals surface area contributed by atoms with Gasteiger partial charge in [-0.25, -0.2) is 0 Å². The fourth-order valence-corrected chi connectivity index (χ4v) is 3.18. The van der Waals surface area contributed by atoms with Crippen LogP contribution in [0.2, 0.25) is 0 Å². The Morgan fingerprint density at radius 1 is 0.538 bits per heavy atom. The number of ketones is 2. The number of aryl methyl sites for hydroxylation is 2. The molecule has 0 bridgehead atoms. The van der Waals surface area contributed by atoms with Crippen molar-refractivity contribution in [2.45, 2.75) is 65.2 Å². The number of unbranched alkanes of at least 4 members (excludes halogenated alkanes) is 5. The summed E-state index contributed by atoms with van der Waals surface area (Å²) in [4.78, 5) is 22.5. The molecule has 2 heteroatoms. The van der Waals surface area contributed by atoms with Gasteiger partial charge in [0.1, 0.15) is 0 Å². The molecule has 0 aliphatic heterocycles. The number of rotatable bonds is 11. The average molecular weight is 351 g/mol. The zero-order chi connectivity index (χ0) is 18.8. The molecular weight excluding hydrogens is 320 g/mol. The predicted octanol–water partition coefficient (Wildman–Crippen LogP) is 6.22. The van der Waals surface area contributed by atoms with Crippen molar-refractivity contribution in [3.05, 3.63) is 70.8 Å². The van der Waals surface area contributed by atoms with E-state index in [2.05, 4.69) is 24.3 Å². The lowest BCUT2D eigenvalue weighted by Crippen LogP contribution is -1.93. The van der Waals surface area contributed by atoms with Crippen molar-refractivity contribution in [2.75, 3.05) is 0 Å². The summed E-state index contributed by atoms with van der Waals surface area (Å²) in [6.45, 7) is 3.21. The van der Waals surface area contributed by atoms with Crippen LogP contribution in [0.3, 0.4) is 0 Å². The minimum absolute atomic E-state index is 0.131. The van der Waals surface area contributed by atoms with Gasteiger partial charge in [-0.05, 0) is 50.7 Å². The van der Waals surface area contributed by atoms with Crippen LogP contribution in [0, 0.1) is 0 Å². The Labute approximate surface area is 157 Å². The van der Waals surface area contributed by atoms with Crippen molar-refractivity contribution < 1.29 is 9.59 Å². The molecule has 0 aromatic heterocycles. The highest BCUT2D eigenvalue weighted by molar-refractivity contribution is 5.94. The van der Waals surface area contributed by atoms with Crippen LogP contribution in [0.25, 0.3) is 0 Å². The van der Waals surface area contributed by atoms with E-state index in [1.165, 1.54) is 49.7 Å². The van der Waals surface area contributed by atoms with Gasteiger partial charge in [-0.1, -0.05) is 74.2 Å². The quantitative estimate of drug-likeness (QED) is 0.356. The third-order valence-electron chi connectivity index (χ3n) is 4.90. The first-order chi connectivity index (χ1) is 12.6. The number of carbonyl (C=O) groups is 2. The number of hydrogen-bond acceptors (Lipinski definition) is 2. The lowest BCUT2D eigenvalue weighted by molar-refractivity contribution is 0.100. The summed E-state index contributed by atoms with van der Waals surface area (Å²) in [6.07, 6.45) is 9.73. The maximum absolute atomic E-state index is 11.3. The van der Waals surface area contributed by atoms with Gasteiger partial charge in [0.25, 0.3) is 0 Å². The molecule has 2 rings (SSSR count). The second kappa shape index (κ2) is 10.7. The molecule has 138 valence electrons. The SMILES string of the molecule is CC(=O)c1ccc(CCCCCCCCc2ccc(C(C)=O)cc2)cc1. The van der Waals surface area contributed by atoms with Gasteiger partial charge in [-0.2, -0.15) is 0 Å². The van der Waals surface area contributed by atoms with E-state index in [1.54, 1.807) is 13.8 Å². The molecule has 26 heavy (non-hydrogen) atoms. The van der Waals surface area contributed by atoms with Gasteiger partial charge < -0.3 is 0 Å². The number of benzene rings is 2. The van der Waals surface area contributed by atoms with E-state index in [1.807, 2.05) is 24.3 Å². The van der Waals surface area contributed by atoms with E-state index in [0.717, 1.165) is 24.0 Å². The first kappa shape index (κ1) is 20.1. The predicted molar refractivity (Wildman–Crippen MR) is 108 cm³/mol. The van der Waals surface area contributed by atoms with E-state index in [9.17, 15) is 9.59 Å². The largest absolute Gasteiger partial charge is 0.295 e. The molecule has 0 fully saturated rings. The van der Waals surface area contributed by atoms with Gasteiger partial charge in [0, 0.05) is 11.1 Å². The Morgan fingerprint density at radius 3 is 1.15 bits per heavy atom. The standard InChI is InChI=1S/C24H30O2/c1-19(25)23-15-11-21(12-16-23)9-7-5-3-4-6-8-10-22-13-17-24(18-14-22)20(2)26/h11-18H,3-10H2,1-2H3. The Kier molecular flexibility index (Phi) is 8.27. The van der Waals surface area contributed by atoms with E-state index >= 15 is 0 Å². The topological polar surface area (TPSA) is 34.1 Å². The summed E-state index contributed by atoms with van der Waals surface area (Å²) in [5.74, 6) is 0.262. The molecule has 2 aromatic rings. The highest BCUT2D eigenvalue weighted by Crippen LogP contribution is 2.13. The fourth-order valence-electron chi connectivity index (χ4n) is 3.18. The van der Waals surface area contributed by atoms with Gasteiger partial charge in [-0.15, -0.1) is 0 Å². The molecule has 0 aliphatic carbocycles. The van der Waals surface area contributed by atoms with Crippen molar-refractivity contribution in [3.63, 3.8) is 0 Å². The van der Waals surface area contributed by atoms with Crippen LogP contribution in [-0.2, 0) is 12.8 Å². The monoisotopic (exact) mass is 350 g/mol. The Bertz CT molecular complexity index is 632. The average Bonchev–Trinajstić information content (AvgIpc) is 2.64. The van der Waals surface area contributed by atoms with Crippen LogP contribution in [0.4, 0.5) is 0 Å². The van der Waals surface area contributed by atoms with Gasteiger partial charge in [0.2, 0.25) is 0 Å². The Hall–Kier alpha value is -2.22. The van der Waals surface area contributed by atoms with Gasteiger partial charge in [0.15, 0.2) is 11.6 Å². The normalized spacial score (nSPS) is 10.7. The van der Waals surface area contributed by atoms with E-state index < -0.39 is 0 Å². The summed E-state index contributed by atoms with van der Waals surface area (Å²) in [5, 5.41) is 0. The van der Waals surface area contributed by atoms with Gasteiger partial charge in [0.05, 0.1) is 0 Å². The fraction of sp³-hybridized carbons (Fsp3) is 0.417. The Morgan fingerprint density at radius 2 is 0.846 bits per heavy atom. The third kappa shape index (κ3) is 6.95. The van der Waals surface area contributed by atoms with Crippen LogP contribution in [0.5, 0.6) is 0 Å².